The van der Waals surface area contributed by atoms with Crippen LogP contribution in [0, 0.1) is 12.7 Å². The van der Waals surface area contributed by atoms with E-state index in [1.54, 1.807) is 44.3 Å². The Hall–Kier alpha value is -3.46. The van der Waals surface area contributed by atoms with E-state index in [-0.39, 0.29) is 12.4 Å². The summed E-state index contributed by atoms with van der Waals surface area (Å²) in [7, 11) is 0. The second kappa shape index (κ2) is 9.13. The Morgan fingerprint density at radius 3 is 2.68 bits per heavy atom. The van der Waals surface area contributed by atoms with Crippen molar-refractivity contribution in [2.24, 2.45) is 0 Å². The van der Waals surface area contributed by atoms with Gasteiger partial charge in [-0.2, -0.15) is 0 Å². The van der Waals surface area contributed by atoms with Crippen LogP contribution < -0.4 is 0 Å². The number of nitrogens with zero attached hydrogens (tertiary/aromatic N) is 3. The van der Waals surface area contributed by atoms with E-state index < -0.39 is 5.97 Å². The summed E-state index contributed by atoms with van der Waals surface area (Å²) in [6.45, 7) is 3.70. The van der Waals surface area contributed by atoms with Gasteiger partial charge in [-0.3, -0.25) is 0 Å². The minimum absolute atomic E-state index is 0.239. The molecule has 1 aromatic carbocycles. The number of halogens is 1. The summed E-state index contributed by atoms with van der Waals surface area (Å²) in [5.74, 6) is 1.34. The lowest BCUT2D eigenvalue weighted by atomic mass is 10.2. The highest BCUT2D eigenvalue weighted by atomic mass is 32.2. The lowest BCUT2D eigenvalue weighted by Gasteiger charge is -2.11. The number of thioether (sulfide) groups is 1. The highest BCUT2D eigenvalue weighted by Crippen LogP contribution is 2.30. The molecular formula is C22H18FN3O4S. The van der Waals surface area contributed by atoms with Gasteiger partial charge < -0.3 is 13.6 Å². The average Bonchev–Trinajstić information content (AvgIpc) is 3.45. The SMILES string of the molecule is CCOC(=O)c1c(C)nc(-c2ccco2)nc1SCc1ncc(-c2ccc(F)cc2)o1. The molecule has 0 spiro atoms. The molecule has 0 aliphatic heterocycles. The molecule has 0 amide bonds. The van der Waals surface area contributed by atoms with Gasteiger partial charge in [0, 0.05) is 5.56 Å². The summed E-state index contributed by atoms with van der Waals surface area (Å²) in [6.07, 6.45) is 3.11. The van der Waals surface area contributed by atoms with E-state index in [0.717, 1.165) is 5.56 Å². The number of hydrogen-bond acceptors (Lipinski definition) is 8. The monoisotopic (exact) mass is 439 g/mol. The van der Waals surface area contributed by atoms with E-state index in [0.29, 0.717) is 45.3 Å². The normalized spacial score (nSPS) is 10.9. The van der Waals surface area contributed by atoms with Crippen LogP contribution in [-0.2, 0) is 10.5 Å². The minimum atomic E-state index is -0.493. The second-order valence-electron chi connectivity index (χ2n) is 6.42. The predicted molar refractivity (Wildman–Crippen MR) is 112 cm³/mol. The highest BCUT2D eigenvalue weighted by molar-refractivity contribution is 7.98. The molecule has 158 valence electrons. The van der Waals surface area contributed by atoms with E-state index in [1.807, 2.05) is 0 Å². The minimum Gasteiger partial charge on any atom is -0.462 e. The topological polar surface area (TPSA) is 91.2 Å². The van der Waals surface area contributed by atoms with Crippen LogP contribution in [0.1, 0.15) is 28.9 Å². The van der Waals surface area contributed by atoms with E-state index in [4.69, 9.17) is 13.6 Å². The lowest BCUT2D eigenvalue weighted by Crippen LogP contribution is -2.12. The maximum atomic E-state index is 13.1. The van der Waals surface area contributed by atoms with Crippen molar-refractivity contribution in [3.8, 4) is 22.9 Å². The highest BCUT2D eigenvalue weighted by Gasteiger charge is 2.22. The molecule has 0 saturated carbocycles. The van der Waals surface area contributed by atoms with Crippen LogP contribution in [0.2, 0.25) is 0 Å². The number of carbonyl (C=O) groups is 1. The summed E-state index contributed by atoms with van der Waals surface area (Å²) >= 11 is 1.28. The van der Waals surface area contributed by atoms with Crippen LogP contribution in [-0.4, -0.2) is 27.5 Å². The van der Waals surface area contributed by atoms with Crippen molar-refractivity contribution in [2.45, 2.75) is 24.6 Å². The standard InChI is InChI=1S/C22H18FN3O4S/c1-3-28-22(27)19-13(2)25-20(16-5-4-10-29-16)26-21(19)31-12-18-24-11-17(30-18)14-6-8-15(23)9-7-14/h4-11H,3,12H2,1-2H3. The van der Waals surface area contributed by atoms with E-state index in [1.165, 1.54) is 30.2 Å². The molecule has 0 saturated heterocycles. The fourth-order valence-electron chi connectivity index (χ4n) is 2.86. The molecule has 0 atom stereocenters. The fourth-order valence-corrected chi connectivity index (χ4v) is 3.78. The van der Waals surface area contributed by atoms with Crippen LogP contribution in [0.3, 0.4) is 0 Å². The van der Waals surface area contributed by atoms with Gasteiger partial charge in [0.25, 0.3) is 0 Å². The third-order valence-electron chi connectivity index (χ3n) is 4.29. The molecule has 0 aliphatic carbocycles. The van der Waals surface area contributed by atoms with E-state index in [2.05, 4.69) is 15.0 Å². The smallest absolute Gasteiger partial charge is 0.342 e. The van der Waals surface area contributed by atoms with Crippen molar-refractivity contribution in [3.63, 3.8) is 0 Å². The molecule has 4 aromatic rings. The van der Waals surface area contributed by atoms with Gasteiger partial charge in [0.05, 0.1) is 30.5 Å². The molecule has 0 fully saturated rings. The van der Waals surface area contributed by atoms with Gasteiger partial charge in [0.1, 0.15) is 16.4 Å². The number of oxazole rings is 1. The molecule has 9 heteroatoms. The molecule has 0 N–H and O–H groups in total. The number of carbonyl (C=O) groups excluding carboxylic acids is 1. The van der Waals surface area contributed by atoms with Crippen LogP contribution in [0.15, 0.2) is 62.7 Å². The Morgan fingerprint density at radius 1 is 1.16 bits per heavy atom. The number of benzene rings is 1. The third-order valence-corrected chi connectivity index (χ3v) is 5.25. The number of ether oxygens (including phenoxy) is 1. The first kappa shape index (κ1) is 20.8. The van der Waals surface area contributed by atoms with Gasteiger partial charge >= 0.3 is 5.97 Å². The van der Waals surface area contributed by atoms with Gasteiger partial charge in [0.2, 0.25) is 5.89 Å². The maximum absolute atomic E-state index is 13.1. The largest absolute Gasteiger partial charge is 0.462 e. The maximum Gasteiger partial charge on any atom is 0.342 e. The Labute approximate surface area is 181 Å². The van der Waals surface area contributed by atoms with Gasteiger partial charge in [-0.1, -0.05) is 11.8 Å². The predicted octanol–water partition coefficient (Wildman–Crippen LogP) is 5.31. The molecule has 31 heavy (non-hydrogen) atoms. The van der Waals surface area contributed by atoms with Gasteiger partial charge in [-0.05, 0) is 50.2 Å². The Morgan fingerprint density at radius 2 is 1.97 bits per heavy atom. The summed E-state index contributed by atoms with van der Waals surface area (Å²) in [5.41, 5.74) is 1.50. The lowest BCUT2D eigenvalue weighted by molar-refractivity contribution is 0.0519. The molecular weight excluding hydrogens is 421 g/mol. The zero-order chi connectivity index (χ0) is 21.8. The summed E-state index contributed by atoms with van der Waals surface area (Å²) in [6, 6.07) is 9.44. The van der Waals surface area contributed by atoms with Gasteiger partial charge in [-0.15, -0.1) is 0 Å². The molecule has 0 unspecified atom stereocenters. The zero-order valence-corrected chi connectivity index (χ0v) is 17.6. The number of aryl methyl sites for hydroxylation is 1. The Balaban J connectivity index is 1.61. The van der Waals surface area contributed by atoms with E-state index >= 15 is 0 Å². The molecule has 4 rings (SSSR count). The molecule has 7 nitrogen and oxygen atoms in total. The van der Waals surface area contributed by atoms with Crippen molar-refractivity contribution in [1.82, 2.24) is 15.0 Å². The first-order valence-corrected chi connectivity index (χ1v) is 10.5. The Kier molecular flexibility index (Phi) is 6.13. The molecule has 0 aliphatic rings. The van der Waals surface area contributed by atoms with Crippen LogP contribution in [0.5, 0.6) is 0 Å². The number of hydrogen-bond donors (Lipinski definition) is 0. The quantitative estimate of drug-likeness (QED) is 0.217. The molecule has 3 aromatic heterocycles. The van der Waals surface area contributed by atoms with Gasteiger partial charge in [-0.25, -0.2) is 24.1 Å². The van der Waals surface area contributed by atoms with Crippen molar-refractivity contribution in [1.29, 1.82) is 0 Å². The number of esters is 1. The first-order chi connectivity index (χ1) is 15.0. The van der Waals surface area contributed by atoms with Crippen molar-refractivity contribution >= 4 is 17.7 Å². The molecule has 3 heterocycles. The van der Waals surface area contributed by atoms with Crippen LogP contribution in [0.25, 0.3) is 22.9 Å². The van der Waals surface area contributed by atoms with Crippen LogP contribution >= 0.6 is 11.8 Å². The van der Waals surface area contributed by atoms with E-state index in [9.17, 15) is 9.18 Å². The van der Waals surface area contributed by atoms with Crippen molar-refractivity contribution < 1.29 is 22.8 Å². The van der Waals surface area contributed by atoms with Crippen LogP contribution in [0.4, 0.5) is 4.39 Å². The summed E-state index contributed by atoms with van der Waals surface area (Å²) in [5, 5.41) is 0.443. The molecule has 0 bridgehead atoms. The van der Waals surface area contributed by atoms with Crippen molar-refractivity contribution in [2.75, 3.05) is 6.61 Å². The second-order valence-corrected chi connectivity index (χ2v) is 7.39. The zero-order valence-electron chi connectivity index (χ0n) is 16.8. The van der Waals surface area contributed by atoms with Crippen molar-refractivity contribution in [3.05, 3.63) is 71.8 Å². The fraction of sp³-hybridized carbons (Fsp3) is 0.182. The third kappa shape index (κ3) is 4.66. The first-order valence-electron chi connectivity index (χ1n) is 9.48. The molecule has 0 radical (unpaired) electrons. The van der Waals surface area contributed by atoms with Gasteiger partial charge in [0.15, 0.2) is 17.3 Å². The Bertz CT molecular complexity index is 1190. The summed E-state index contributed by atoms with van der Waals surface area (Å²) in [4.78, 5) is 25.7. The summed E-state index contributed by atoms with van der Waals surface area (Å²) < 4.78 is 29.5. The number of furan rings is 1. The number of rotatable bonds is 7. The number of aromatic nitrogens is 3. The average molecular weight is 439 g/mol.